The second-order valence-corrected chi connectivity index (χ2v) is 7.73. The summed E-state index contributed by atoms with van der Waals surface area (Å²) in [5.41, 5.74) is 2.80. The van der Waals surface area contributed by atoms with E-state index >= 15 is 0 Å². The van der Waals surface area contributed by atoms with Crippen LogP contribution in [-0.2, 0) is 14.3 Å². The first kappa shape index (κ1) is 20.4. The van der Waals surface area contributed by atoms with Crippen molar-refractivity contribution in [2.24, 2.45) is 0 Å². The monoisotopic (exact) mass is 425 g/mol. The van der Waals surface area contributed by atoms with Gasteiger partial charge in [-0.15, -0.1) is 0 Å². The first-order chi connectivity index (χ1) is 14.6. The number of hydrogen-bond donors (Lipinski definition) is 0. The van der Waals surface area contributed by atoms with E-state index in [0.717, 1.165) is 13.1 Å². The van der Waals surface area contributed by atoms with Crippen molar-refractivity contribution >= 4 is 34.7 Å². The Hall–Kier alpha value is -2.83. The molecule has 2 aromatic carbocycles. The van der Waals surface area contributed by atoms with Gasteiger partial charge < -0.3 is 14.5 Å². The highest BCUT2D eigenvalue weighted by Gasteiger charge is 2.41. The maximum Gasteiger partial charge on any atom is 0.277 e. The fraction of sp³-hybridized carbons (Fsp3) is 0.304. The summed E-state index contributed by atoms with van der Waals surface area (Å²) in [4.78, 5) is 32.0. The summed E-state index contributed by atoms with van der Waals surface area (Å²) < 4.78 is 5.10. The molecular formula is C23H24ClN3O3. The van der Waals surface area contributed by atoms with Crippen molar-refractivity contribution in [1.29, 1.82) is 0 Å². The minimum absolute atomic E-state index is 0.235. The van der Waals surface area contributed by atoms with E-state index < -0.39 is 0 Å². The molecule has 0 N–H and O–H groups in total. The van der Waals surface area contributed by atoms with Crippen LogP contribution in [0, 0.1) is 0 Å². The zero-order valence-electron chi connectivity index (χ0n) is 16.9. The number of rotatable bonds is 6. The number of anilines is 1. The van der Waals surface area contributed by atoms with Crippen LogP contribution >= 0.6 is 11.6 Å². The van der Waals surface area contributed by atoms with Gasteiger partial charge in [-0.05, 0) is 29.8 Å². The number of carbonyl (C=O) groups excluding carboxylic acids is 2. The molecule has 0 bridgehead atoms. The predicted octanol–water partition coefficient (Wildman–Crippen LogP) is 2.89. The maximum absolute atomic E-state index is 13.2. The molecule has 0 atom stereocenters. The van der Waals surface area contributed by atoms with Gasteiger partial charge in [0, 0.05) is 44.0 Å². The van der Waals surface area contributed by atoms with Crippen LogP contribution in [0.1, 0.15) is 5.56 Å². The molecule has 156 valence electrons. The van der Waals surface area contributed by atoms with Gasteiger partial charge in [-0.1, -0.05) is 41.9 Å². The van der Waals surface area contributed by atoms with Crippen molar-refractivity contribution in [3.05, 3.63) is 70.9 Å². The SMILES string of the molecule is COCCN1C(=O)C(c2ccc(Cl)cc2)=C(N2CCN(c3ccccc3)CC2)C1=O. The van der Waals surface area contributed by atoms with E-state index in [9.17, 15) is 9.59 Å². The van der Waals surface area contributed by atoms with Crippen LogP contribution < -0.4 is 4.90 Å². The Balaban J connectivity index is 1.62. The molecule has 1 fully saturated rings. The second-order valence-electron chi connectivity index (χ2n) is 7.29. The highest BCUT2D eigenvalue weighted by Crippen LogP contribution is 2.33. The molecule has 2 aliphatic heterocycles. The van der Waals surface area contributed by atoms with Crippen LogP contribution in [0.25, 0.3) is 5.57 Å². The lowest BCUT2D eigenvalue weighted by Crippen LogP contribution is -2.47. The Kier molecular flexibility index (Phi) is 6.06. The highest BCUT2D eigenvalue weighted by atomic mass is 35.5. The lowest BCUT2D eigenvalue weighted by atomic mass is 10.0. The number of methoxy groups -OCH3 is 1. The summed E-state index contributed by atoms with van der Waals surface area (Å²) in [6.07, 6.45) is 0. The van der Waals surface area contributed by atoms with Gasteiger partial charge in [-0.25, -0.2) is 0 Å². The van der Waals surface area contributed by atoms with Crippen molar-refractivity contribution in [3.63, 3.8) is 0 Å². The van der Waals surface area contributed by atoms with Gasteiger partial charge in [0.05, 0.1) is 18.7 Å². The first-order valence-corrected chi connectivity index (χ1v) is 10.4. The number of piperazine rings is 1. The molecule has 0 unspecified atom stereocenters. The number of nitrogens with zero attached hydrogens (tertiary/aromatic N) is 3. The fourth-order valence-electron chi connectivity index (χ4n) is 3.95. The molecule has 30 heavy (non-hydrogen) atoms. The molecule has 4 rings (SSSR count). The third-order valence-electron chi connectivity index (χ3n) is 5.51. The number of ether oxygens (including phenoxy) is 1. The van der Waals surface area contributed by atoms with Crippen LogP contribution in [0.3, 0.4) is 0 Å². The van der Waals surface area contributed by atoms with Crippen molar-refractivity contribution < 1.29 is 14.3 Å². The van der Waals surface area contributed by atoms with Gasteiger partial charge in [0.15, 0.2) is 0 Å². The summed E-state index contributed by atoms with van der Waals surface area (Å²) in [5.74, 6) is -0.532. The second kappa shape index (κ2) is 8.90. The Bertz CT molecular complexity index is 951. The van der Waals surface area contributed by atoms with Crippen molar-refractivity contribution in [3.8, 4) is 0 Å². The van der Waals surface area contributed by atoms with E-state index in [1.807, 2.05) is 23.1 Å². The number of imide groups is 1. The standard InChI is InChI=1S/C23H24ClN3O3/c1-30-16-15-27-22(28)20(17-7-9-18(24)10-8-17)21(23(27)29)26-13-11-25(12-14-26)19-5-3-2-4-6-19/h2-10H,11-16H2,1H3. The number of carbonyl (C=O) groups is 2. The topological polar surface area (TPSA) is 53.1 Å². The zero-order valence-corrected chi connectivity index (χ0v) is 17.6. The molecule has 2 amide bonds. The molecule has 0 radical (unpaired) electrons. The van der Waals surface area contributed by atoms with Gasteiger partial charge in [0.25, 0.3) is 11.8 Å². The van der Waals surface area contributed by atoms with Crippen molar-refractivity contribution in [1.82, 2.24) is 9.80 Å². The Morgan fingerprint density at radius 1 is 0.867 bits per heavy atom. The van der Waals surface area contributed by atoms with E-state index in [1.54, 1.807) is 31.4 Å². The normalized spacial score (nSPS) is 17.3. The lowest BCUT2D eigenvalue weighted by molar-refractivity contribution is -0.138. The van der Waals surface area contributed by atoms with Crippen molar-refractivity contribution in [2.75, 3.05) is 51.3 Å². The van der Waals surface area contributed by atoms with E-state index in [2.05, 4.69) is 17.0 Å². The Morgan fingerprint density at radius 2 is 1.50 bits per heavy atom. The average molecular weight is 426 g/mol. The van der Waals surface area contributed by atoms with E-state index in [4.69, 9.17) is 16.3 Å². The molecule has 2 heterocycles. The molecule has 1 saturated heterocycles. The van der Waals surface area contributed by atoms with Gasteiger partial charge in [0.1, 0.15) is 5.70 Å². The lowest BCUT2D eigenvalue weighted by Gasteiger charge is -2.37. The van der Waals surface area contributed by atoms with Crippen LogP contribution in [0.15, 0.2) is 60.3 Å². The molecule has 0 saturated carbocycles. The average Bonchev–Trinajstić information content (AvgIpc) is 3.03. The Labute approximate surface area is 181 Å². The van der Waals surface area contributed by atoms with E-state index in [0.29, 0.717) is 41.6 Å². The summed E-state index contributed by atoms with van der Waals surface area (Å²) in [7, 11) is 1.56. The van der Waals surface area contributed by atoms with E-state index in [-0.39, 0.29) is 18.4 Å². The summed E-state index contributed by atoms with van der Waals surface area (Å²) in [6, 6.07) is 17.3. The number of amides is 2. The van der Waals surface area contributed by atoms with Crippen molar-refractivity contribution in [2.45, 2.75) is 0 Å². The number of halogens is 1. The predicted molar refractivity (Wildman–Crippen MR) is 117 cm³/mol. The minimum Gasteiger partial charge on any atom is -0.383 e. The number of hydrogen-bond acceptors (Lipinski definition) is 5. The Morgan fingerprint density at radius 3 is 2.13 bits per heavy atom. The fourth-order valence-corrected chi connectivity index (χ4v) is 4.07. The molecule has 0 aliphatic carbocycles. The van der Waals surface area contributed by atoms with Crippen LogP contribution in [-0.4, -0.2) is 68.1 Å². The van der Waals surface area contributed by atoms with Gasteiger partial charge in [-0.3, -0.25) is 14.5 Å². The quantitative estimate of drug-likeness (QED) is 0.666. The van der Waals surface area contributed by atoms with Crippen LogP contribution in [0.4, 0.5) is 5.69 Å². The smallest absolute Gasteiger partial charge is 0.277 e. The third kappa shape index (κ3) is 3.93. The molecule has 0 spiro atoms. The van der Waals surface area contributed by atoms with Gasteiger partial charge in [0.2, 0.25) is 0 Å². The maximum atomic E-state index is 13.2. The van der Waals surface area contributed by atoms with Crippen LogP contribution in [0.5, 0.6) is 0 Å². The molecule has 6 nitrogen and oxygen atoms in total. The molecule has 0 aromatic heterocycles. The molecular weight excluding hydrogens is 402 g/mol. The molecule has 7 heteroatoms. The zero-order chi connectivity index (χ0) is 21.1. The van der Waals surface area contributed by atoms with Gasteiger partial charge >= 0.3 is 0 Å². The first-order valence-electron chi connectivity index (χ1n) is 10.0. The molecule has 2 aliphatic rings. The highest BCUT2D eigenvalue weighted by molar-refractivity contribution is 6.36. The van der Waals surface area contributed by atoms with E-state index in [1.165, 1.54) is 10.6 Å². The minimum atomic E-state index is -0.278. The summed E-state index contributed by atoms with van der Waals surface area (Å²) in [5, 5.41) is 0.588. The summed E-state index contributed by atoms with van der Waals surface area (Å²) >= 11 is 6.03. The third-order valence-corrected chi connectivity index (χ3v) is 5.76. The molecule has 2 aromatic rings. The number of benzene rings is 2. The van der Waals surface area contributed by atoms with Crippen LogP contribution in [0.2, 0.25) is 5.02 Å². The largest absolute Gasteiger partial charge is 0.383 e. The number of para-hydroxylation sites is 1. The van der Waals surface area contributed by atoms with Gasteiger partial charge in [-0.2, -0.15) is 0 Å². The summed E-state index contributed by atoms with van der Waals surface area (Å²) in [6.45, 7) is 3.43.